The zero-order valence-electron chi connectivity index (χ0n) is 7.89. The Morgan fingerprint density at radius 2 is 2.27 bits per heavy atom. The number of non-ortho nitro benzene ring substituents is 1. The van der Waals surface area contributed by atoms with Crippen molar-refractivity contribution in [1.82, 2.24) is 0 Å². The molecule has 3 N–H and O–H groups in total. The molecular formula is C9H11ClN2O3. The highest BCUT2D eigenvalue weighted by molar-refractivity contribution is 6.31. The Bertz CT molecular complexity index is 370. The number of halogens is 1. The van der Waals surface area contributed by atoms with Crippen molar-refractivity contribution in [3.8, 4) is 0 Å². The van der Waals surface area contributed by atoms with E-state index in [1.54, 1.807) is 0 Å². The summed E-state index contributed by atoms with van der Waals surface area (Å²) < 4.78 is 0. The van der Waals surface area contributed by atoms with Crippen molar-refractivity contribution in [3.05, 3.63) is 38.9 Å². The van der Waals surface area contributed by atoms with Crippen LogP contribution in [0.1, 0.15) is 18.0 Å². The molecule has 0 aromatic heterocycles. The second kappa shape index (κ2) is 5.06. The molecule has 0 saturated carbocycles. The zero-order valence-corrected chi connectivity index (χ0v) is 8.65. The van der Waals surface area contributed by atoms with Crippen LogP contribution in [0.4, 0.5) is 5.69 Å². The number of nitrogens with two attached hydrogens (primary N) is 1. The number of nitrogens with zero attached hydrogens (tertiary/aromatic N) is 1. The molecule has 0 radical (unpaired) electrons. The molecule has 0 unspecified atom stereocenters. The smallest absolute Gasteiger partial charge is 0.269 e. The van der Waals surface area contributed by atoms with Crippen LogP contribution >= 0.6 is 11.6 Å². The van der Waals surface area contributed by atoms with E-state index in [4.69, 9.17) is 22.4 Å². The van der Waals surface area contributed by atoms with E-state index in [1.165, 1.54) is 18.2 Å². The number of nitro benzene ring substituents is 1. The van der Waals surface area contributed by atoms with Gasteiger partial charge < -0.3 is 10.8 Å². The summed E-state index contributed by atoms with van der Waals surface area (Å²) in [6, 6.07) is 3.61. The van der Waals surface area contributed by atoms with Crippen molar-refractivity contribution in [2.75, 3.05) is 6.61 Å². The van der Waals surface area contributed by atoms with Crippen LogP contribution in [-0.2, 0) is 0 Å². The minimum atomic E-state index is -0.508. The normalized spacial score (nSPS) is 12.5. The molecule has 0 aliphatic heterocycles. The molecule has 0 aliphatic carbocycles. The number of aliphatic hydroxyl groups excluding tert-OH is 1. The topological polar surface area (TPSA) is 89.4 Å². The van der Waals surface area contributed by atoms with E-state index in [1.807, 2.05) is 0 Å². The summed E-state index contributed by atoms with van der Waals surface area (Å²) in [6.45, 7) is -0.0831. The standard InChI is InChI=1S/C9H11ClN2O3/c10-8-2-1-6(12(14)15)5-7(8)9(11)3-4-13/h1-2,5,9,13H,3-4,11H2/t9-/m1/s1. The average Bonchev–Trinajstić information content (AvgIpc) is 2.18. The van der Waals surface area contributed by atoms with Gasteiger partial charge >= 0.3 is 0 Å². The van der Waals surface area contributed by atoms with Crippen molar-refractivity contribution in [2.45, 2.75) is 12.5 Å². The van der Waals surface area contributed by atoms with Gasteiger partial charge in [-0.15, -0.1) is 0 Å². The highest BCUT2D eigenvalue weighted by atomic mass is 35.5. The third-order valence-corrected chi connectivity index (χ3v) is 2.37. The lowest BCUT2D eigenvalue weighted by atomic mass is 10.0. The first-order valence-corrected chi connectivity index (χ1v) is 4.74. The molecule has 1 rings (SSSR count). The van der Waals surface area contributed by atoms with Crippen LogP contribution in [0, 0.1) is 10.1 Å². The predicted octanol–water partition coefficient (Wildman–Crippen LogP) is 1.63. The van der Waals surface area contributed by atoms with Crippen LogP contribution in [0.15, 0.2) is 18.2 Å². The largest absolute Gasteiger partial charge is 0.396 e. The average molecular weight is 231 g/mol. The third-order valence-electron chi connectivity index (χ3n) is 2.03. The first kappa shape index (κ1) is 11.9. The van der Waals surface area contributed by atoms with Gasteiger partial charge in [-0.1, -0.05) is 11.6 Å². The number of hydrogen-bond donors (Lipinski definition) is 2. The van der Waals surface area contributed by atoms with Gasteiger partial charge in [0.1, 0.15) is 0 Å². The third kappa shape index (κ3) is 2.89. The van der Waals surface area contributed by atoms with Gasteiger partial charge in [0.25, 0.3) is 5.69 Å². The summed E-state index contributed by atoms with van der Waals surface area (Å²) in [5.74, 6) is 0. The van der Waals surface area contributed by atoms with E-state index in [9.17, 15) is 10.1 Å². The fraction of sp³-hybridized carbons (Fsp3) is 0.333. The Hall–Kier alpha value is -1.17. The lowest BCUT2D eigenvalue weighted by Gasteiger charge is -2.11. The zero-order chi connectivity index (χ0) is 11.4. The number of rotatable bonds is 4. The van der Waals surface area contributed by atoms with Crippen molar-refractivity contribution >= 4 is 17.3 Å². The molecular weight excluding hydrogens is 220 g/mol. The number of nitro groups is 1. The van der Waals surface area contributed by atoms with E-state index in [0.29, 0.717) is 17.0 Å². The molecule has 0 saturated heterocycles. The van der Waals surface area contributed by atoms with E-state index >= 15 is 0 Å². The molecule has 1 aromatic carbocycles. The molecule has 0 aliphatic rings. The Balaban J connectivity index is 3.04. The molecule has 5 nitrogen and oxygen atoms in total. The molecule has 15 heavy (non-hydrogen) atoms. The van der Waals surface area contributed by atoms with Crippen molar-refractivity contribution < 1.29 is 10.0 Å². The quantitative estimate of drug-likeness (QED) is 0.608. The monoisotopic (exact) mass is 230 g/mol. The number of aliphatic hydroxyl groups is 1. The van der Waals surface area contributed by atoms with Crippen LogP contribution in [-0.4, -0.2) is 16.6 Å². The van der Waals surface area contributed by atoms with Gasteiger partial charge in [0.15, 0.2) is 0 Å². The number of benzene rings is 1. The maximum atomic E-state index is 10.5. The summed E-state index contributed by atoms with van der Waals surface area (Å²) in [5, 5.41) is 19.6. The van der Waals surface area contributed by atoms with E-state index < -0.39 is 11.0 Å². The molecule has 1 atom stereocenters. The van der Waals surface area contributed by atoms with Gasteiger partial charge in [-0.3, -0.25) is 10.1 Å². The molecule has 0 bridgehead atoms. The van der Waals surface area contributed by atoms with Crippen LogP contribution < -0.4 is 5.73 Å². The Kier molecular flexibility index (Phi) is 4.02. The van der Waals surface area contributed by atoms with E-state index in [2.05, 4.69) is 0 Å². The Labute approximate surface area is 91.6 Å². The van der Waals surface area contributed by atoms with Gasteiger partial charge in [0, 0.05) is 29.8 Å². The molecule has 6 heteroatoms. The minimum Gasteiger partial charge on any atom is -0.396 e. The van der Waals surface area contributed by atoms with Crippen molar-refractivity contribution in [3.63, 3.8) is 0 Å². The SMILES string of the molecule is N[C@H](CCO)c1cc([N+](=O)[O-])ccc1Cl. The second-order valence-corrected chi connectivity index (χ2v) is 3.49. The van der Waals surface area contributed by atoms with Gasteiger partial charge in [-0.05, 0) is 18.1 Å². The highest BCUT2D eigenvalue weighted by Gasteiger charge is 2.14. The summed E-state index contributed by atoms with van der Waals surface area (Å²) in [5.41, 5.74) is 6.14. The first-order valence-electron chi connectivity index (χ1n) is 4.36. The summed E-state index contributed by atoms with van der Waals surface area (Å²) in [7, 11) is 0. The van der Waals surface area contributed by atoms with E-state index in [0.717, 1.165) is 0 Å². The molecule has 0 heterocycles. The van der Waals surface area contributed by atoms with Gasteiger partial charge in [-0.25, -0.2) is 0 Å². The van der Waals surface area contributed by atoms with Crippen molar-refractivity contribution in [2.24, 2.45) is 5.73 Å². The highest BCUT2D eigenvalue weighted by Crippen LogP contribution is 2.27. The predicted molar refractivity (Wildman–Crippen MR) is 56.7 cm³/mol. The van der Waals surface area contributed by atoms with E-state index in [-0.39, 0.29) is 12.3 Å². The van der Waals surface area contributed by atoms with Crippen LogP contribution in [0.3, 0.4) is 0 Å². The molecule has 0 amide bonds. The maximum Gasteiger partial charge on any atom is 0.269 e. The van der Waals surface area contributed by atoms with Crippen LogP contribution in [0.5, 0.6) is 0 Å². The molecule has 82 valence electrons. The fourth-order valence-corrected chi connectivity index (χ4v) is 1.48. The maximum absolute atomic E-state index is 10.5. The molecule has 0 spiro atoms. The minimum absolute atomic E-state index is 0.0530. The van der Waals surface area contributed by atoms with Gasteiger partial charge in [0.2, 0.25) is 0 Å². The molecule has 0 fully saturated rings. The van der Waals surface area contributed by atoms with Gasteiger partial charge in [0.05, 0.1) is 4.92 Å². The van der Waals surface area contributed by atoms with Crippen LogP contribution in [0.2, 0.25) is 5.02 Å². The first-order chi connectivity index (χ1) is 7.06. The summed E-state index contributed by atoms with van der Waals surface area (Å²) in [6.07, 6.45) is 0.320. The van der Waals surface area contributed by atoms with Crippen molar-refractivity contribution in [1.29, 1.82) is 0 Å². The lowest BCUT2D eigenvalue weighted by Crippen LogP contribution is -2.12. The number of hydrogen-bond acceptors (Lipinski definition) is 4. The lowest BCUT2D eigenvalue weighted by molar-refractivity contribution is -0.384. The summed E-state index contributed by atoms with van der Waals surface area (Å²) in [4.78, 5) is 10.0. The Morgan fingerprint density at radius 3 is 2.80 bits per heavy atom. The fourth-order valence-electron chi connectivity index (χ4n) is 1.22. The Morgan fingerprint density at radius 1 is 1.60 bits per heavy atom. The van der Waals surface area contributed by atoms with Gasteiger partial charge in [-0.2, -0.15) is 0 Å². The van der Waals surface area contributed by atoms with Crippen LogP contribution in [0.25, 0.3) is 0 Å². The summed E-state index contributed by atoms with van der Waals surface area (Å²) >= 11 is 5.85. The second-order valence-electron chi connectivity index (χ2n) is 3.08. The molecule has 1 aromatic rings.